The lowest BCUT2D eigenvalue weighted by Crippen LogP contribution is -2.13. The highest BCUT2D eigenvalue weighted by molar-refractivity contribution is 5.33. The van der Waals surface area contributed by atoms with Gasteiger partial charge in [0.1, 0.15) is 0 Å². The van der Waals surface area contributed by atoms with Crippen LogP contribution in [-0.4, -0.2) is 0 Å². The Morgan fingerprint density at radius 2 is 1.68 bits per heavy atom. The molecule has 0 unspecified atom stereocenters. The summed E-state index contributed by atoms with van der Waals surface area (Å²) in [5, 5.41) is 8.87. The van der Waals surface area contributed by atoms with E-state index in [2.05, 4.69) is 24.8 Å². The molecular formula is C21H29N. The largest absolute Gasteiger partial charge is 0.192 e. The molecule has 0 aromatic heterocycles. The lowest BCUT2D eigenvalue weighted by atomic mass is 9.77. The number of unbranched alkanes of at least 4 members (excludes halogenated alkanes) is 4. The number of benzene rings is 1. The van der Waals surface area contributed by atoms with Crippen LogP contribution < -0.4 is 0 Å². The fraction of sp³-hybridized carbons (Fsp3) is 0.571. The van der Waals surface area contributed by atoms with Gasteiger partial charge in [0.2, 0.25) is 0 Å². The van der Waals surface area contributed by atoms with Crippen molar-refractivity contribution in [3.05, 3.63) is 48.0 Å². The Balaban J connectivity index is 1.65. The van der Waals surface area contributed by atoms with Crippen LogP contribution in [-0.2, 0) is 0 Å². The zero-order valence-corrected chi connectivity index (χ0v) is 13.8. The summed E-state index contributed by atoms with van der Waals surface area (Å²) < 4.78 is 0. The van der Waals surface area contributed by atoms with E-state index in [9.17, 15) is 0 Å². The predicted molar refractivity (Wildman–Crippen MR) is 93.8 cm³/mol. The highest BCUT2D eigenvalue weighted by Gasteiger charge is 2.21. The Bertz CT molecular complexity index is 472. The van der Waals surface area contributed by atoms with Crippen molar-refractivity contribution in [2.24, 2.45) is 5.92 Å². The maximum Gasteiger partial charge on any atom is 0.0991 e. The van der Waals surface area contributed by atoms with Gasteiger partial charge >= 0.3 is 0 Å². The van der Waals surface area contributed by atoms with Crippen LogP contribution in [0.3, 0.4) is 0 Å². The Kier molecular flexibility index (Phi) is 7.23. The Morgan fingerprint density at radius 1 is 1.00 bits per heavy atom. The number of rotatable bonds is 8. The molecule has 0 N–H and O–H groups in total. The summed E-state index contributed by atoms with van der Waals surface area (Å²) in [5.74, 6) is 1.67. The minimum absolute atomic E-state index is 0.719. The highest BCUT2D eigenvalue weighted by Crippen LogP contribution is 2.37. The van der Waals surface area contributed by atoms with Gasteiger partial charge in [-0.25, -0.2) is 0 Å². The number of hydrogen-bond acceptors (Lipinski definition) is 1. The van der Waals surface area contributed by atoms with E-state index in [4.69, 9.17) is 5.26 Å². The third-order valence-corrected chi connectivity index (χ3v) is 5.13. The minimum atomic E-state index is 0.719. The second-order valence-corrected chi connectivity index (χ2v) is 6.73. The molecule has 1 nitrogen and oxygen atoms in total. The molecule has 22 heavy (non-hydrogen) atoms. The average molecular weight is 295 g/mol. The van der Waals surface area contributed by atoms with Gasteiger partial charge in [-0.2, -0.15) is 5.26 Å². The molecule has 0 saturated heterocycles. The van der Waals surface area contributed by atoms with E-state index in [-0.39, 0.29) is 0 Å². The summed E-state index contributed by atoms with van der Waals surface area (Å²) in [6, 6.07) is 10.4. The predicted octanol–water partition coefficient (Wildman–Crippen LogP) is 6.36. The third-order valence-electron chi connectivity index (χ3n) is 5.13. The minimum Gasteiger partial charge on any atom is -0.192 e. The molecule has 0 heterocycles. The number of nitrogens with zero attached hydrogens (tertiary/aromatic N) is 1. The summed E-state index contributed by atoms with van der Waals surface area (Å²) >= 11 is 0. The SMILES string of the molecule is C=CCCCCCCC1CCC(c2ccc(C#N)cc2)CC1. The van der Waals surface area contributed by atoms with Gasteiger partial charge in [-0.05, 0) is 68.1 Å². The molecule has 1 aliphatic rings. The van der Waals surface area contributed by atoms with Crippen LogP contribution >= 0.6 is 0 Å². The molecule has 1 aromatic rings. The first-order valence-electron chi connectivity index (χ1n) is 8.94. The summed E-state index contributed by atoms with van der Waals surface area (Å²) in [6.45, 7) is 3.78. The Morgan fingerprint density at radius 3 is 2.32 bits per heavy atom. The fourth-order valence-corrected chi connectivity index (χ4v) is 3.69. The van der Waals surface area contributed by atoms with Gasteiger partial charge in [0, 0.05) is 0 Å². The van der Waals surface area contributed by atoms with E-state index in [0.717, 1.165) is 17.4 Å². The number of allylic oxidation sites excluding steroid dienone is 1. The summed E-state index contributed by atoms with van der Waals surface area (Å²) in [6.07, 6.45) is 15.5. The topological polar surface area (TPSA) is 23.8 Å². The first-order valence-corrected chi connectivity index (χ1v) is 8.94. The maximum absolute atomic E-state index is 8.87. The van der Waals surface area contributed by atoms with E-state index in [1.165, 1.54) is 69.8 Å². The van der Waals surface area contributed by atoms with Crippen LogP contribution in [0.25, 0.3) is 0 Å². The van der Waals surface area contributed by atoms with E-state index in [0.29, 0.717) is 0 Å². The summed E-state index contributed by atoms with van der Waals surface area (Å²) in [5.41, 5.74) is 2.20. The van der Waals surface area contributed by atoms with Crippen molar-refractivity contribution in [3.63, 3.8) is 0 Å². The molecule has 0 amide bonds. The Labute approximate surface area is 136 Å². The highest BCUT2D eigenvalue weighted by atomic mass is 14.3. The molecule has 0 bridgehead atoms. The molecular weight excluding hydrogens is 266 g/mol. The number of hydrogen-bond donors (Lipinski definition) is 0. The van der Waals surface area contributed by atoms with Gasteiger partial charge in [-0.1, -0.05) is 43.9 Å². The quantitative estimate of drug-likeness (QED) is 0.404. The molecule has 0 spiro atoms. The van der Waals surface area contributed by atoms with Crippen molar-refractivity contribution in [3.8, 4) is 6.07 Å². The van der Waals surface area contributed by atoms with E-state index in [1.54, 1.807) is 0 Å². The molecule has 1 fully saturated rings. The smallest absolute Gasteiger partial charge is 0.0991 e. The first-order chi connectivity index (χ1) is 10.8. The van der Waals surface area contributed by atoms with Gasteiger partial charge < -0.3 is 0 Å². The zero-order chi connectivity index (χ0) is 15.6. The van der Waals surface area contributed by atoms with Gasteiger partial charge in [0.25, 0.3) is 0 Å². The van der Waals surface area contributed by atoms with E-state index in [1.807, 2.05) is 18.2 Å². The van der Waals surface area contributed by atoms with Crippen molar-refractivity contribution < 1.29 is 0 Å². The van der Waals surface area contributed by atoms with Crippen LogP contribution in [0.2, 0.25) is 0 Å². The molecule has 118 valence electrons. The van der Waals surface area contributed by atoms with Crippen LogP contribution in [0.1, 0.15) is 81.3 Å². The van der Waals surface area contributed by atoms with Crippen molar-refractivity contribution in [2.45, 2.75) is 70.1 Å². The van der Waals surface area contributed by atoms with Crippen molar-refractivity contribution in [1.82, 2.24) is 0 Å². The van der Waals surface area contributed by atoms with Crippen molar-refractivity contribution >= 4 is 0 Å². The normalized spacial score (nSPS) is 21.2. The standard InChI is InChI=1S/C21H29N/c1-2-3-4-5-6-7-8-18-9-13-20(14-10-18)21-15-11-19(17-22)12-16-21/h2,11-12,15-16,18,20H,1,3-10,13-14H2. The second kappa shape index (κ2) is 9.46. The van der Waals surface area contributed by atoms with Crippen LogP contribution in [0.4, 0.5) is 0 Å². The lowest BCUT2D eigenvalue weighted by molar-refractivity contribution is 0.302. The molecule has 1 aromatic carbocycles. The maximum atomic E-state index is 8.87. The fourth-order valence-electron chi connectivity index (χ4n) is 3.69. The molecule has 0 aliphatic heterocycles. The van der Waals surface area contributed by atoms with Crippen LogP contribution in [0.5, 0.6) is 0 Å². The van der Waals surface area contributed by atoms with Crippen molar-refractivity contribution in [1.29, 1.82) is 5.26 Å². The van der Waals surface area contributed by atoms with E-state index < -0.39 is 0 Å². The van der Waals surface area contributed by atoms with Crippen LogP contribution in [0.15, 0.2) is 36.9 Å². The molecule has 0 atom stereocenters. The summed E-state index contributed by atoms with van der Waals surface area (Å²) in [4.78, 5) is 0. The first kappa shape index (κ1) is 16.8. The van der Waals surface area contributed by atoms with Crippen LogP contribution in [0, 0.1) is 17.2 Å². The Hall–Kier alpha value is -1.55. The van der Waals surface area contributed by atoms with Crippen molar-refractivity contribution in [2.75, 3.05) is 0 Å². The van der Waals surface area contributed by atoms with Gasteiger partial charge in [0.15, 0.2) is 0 Å². The van der Waals surface area contributed by atoms with Gasteiger partial charge in [0.05, 0.1) is 11.6 Å². The second-order valence-electron chi connectivity index (χ2n) is 6.73. The number of nitriles is 1. The molecule has 1 heteroatoms. The molecule has 1 saturated carbocycles. The lowest BCUT2D eigenvalue weighted by Gasteiger charge is -2.29. The van der Waals surface area contributed by atoms with Gasteiger partial charge in [-0.3, -0.25) is 0 Å². The molecule has 2 rings (SSSR count). The average Bonchev–Trinajstić information content (AvgIpc) is 2.59. The molecule has 1 aliphatic carbocycles. The molecule has 0 radical (unpaired) electrons. The zero-order valence-electron chi connectivity index (χ0n) is 13.8. The van der Waals surface area contributed by atoms with E-state index >= 15 is 0 Å². The monoisotopic (exact) mass is 295 g/mol. The summed E-state index contributed by atoms with van der Waals surface area (Å²) in [7, 11) is 0. The van der Waals surface area contributed by atoms with Gasteiger partial charge in [-0.15, -0.1) is 6.58 Å². The third kappa shape index (κ3) is 5.34.